The molecule has 0 aliphatic carbocycles. The van der Waals surface area contributed by atoms with Gasteiger partial charge in [0.25, 0.3) is 0 Å². The summed E-state index contributed by atoms with van der Waals surface area (Å²) >= 11 is 23.7. The van der Waals surface area contributed by atoms with Gasteiger partial charge in [0.05, 0.1) is 10.0 Å². The summed E-state index contributed by atoms with van der Waals surface area (Å²) in [5.41, 5.74) is 2.09. The fraction of sp³-hybridized carbons (Fsp3) is 0.235. The first kappa shape index (κ1) is 16.8. The predicted octanol–water partition coefficient (Wildman–Crippen LogP) is 5.14. The Morgan fingerprint density at radius 2 is 1.61 bits per heavy atom. The molecule has 0 aromatic heterocycles. The molecular formula is C17H15Cl3N2S. The zero-order chi connectivity index (χ0) is 16.4. The topological polar surface area (TPSA) is 6.48 Å². The van der Waals surface area contributed by atoms with Crippen molar-refractivity contribution in [1.82, 2.24) is 4.90 Å². The maximum atomic E-state index is 6.08. The van der Waals surface area contributed by atoms with E-state index < -0.39 is 0 Å². The second kappa shape index (κ2) is 7.27. The standard InChI is InChI=1S/C17H15Cl3N2S/c18-13-2-1-3-14(11-13)21-6-8-22(9-7-21)17(23)12-4-5-15(19)16(20)10-12/h1-5,10-11H,6-9H2. The Morgan fingerprint density at radius 1 is 0.870 bits per heavy atom. The minimum absolute atomic E-state index is 0.532. The molecule has 2 aromatic carbocycles. The van der Waals surface area contributed by atoms with E-state index in [4.69, 9.17) is 47.0 Å². The molecule has 0 spiro atoms. The lowest BCUT2D eigenvalue weighted by Crippen LogP contribution is -2.48. The summed E-state index contributed by atoms with van der Waals surface area (Å²) in [6.45, 7) is 3.54. The van der Waals surface area contributed by atoms with Crippen LogP contribution in [0.4, 0.5) is 5.69 Å². The van der Waals surface area contributed by atoms with Crippen molar-refractivity contribution < 1.29 is 0 Å². The van der Waals surface area contributed by atoms with Gasteiger partial charge in [-0.25, -0.2) is 0 Å². The fourth-order valence-electron chi connectivity index (χ4n) is 2.65. The molecular weight excluding hydrogens is 371 g/mol. The van der Waals surface area contributed by atoms with Crippen LogP contribution in [0.5, 0.6) is 0 Å². The zero-order valence-corrected chi connectivity index (χ0v) is 15.4. The molecule has 2 aromatic rings. The molecule has 3 rings (SSSR count). The molecule has 2 nitrogen and oxygen atoms in total. The Hall–Kier alpha value is -1.00. The summed E-state index contributed by atoms with van der Waals surface area (Å²) in [6.07, 6.45) is 0. The number of halogens is 3. The molecule has 0 radical (unpaired) electrons. The highest BCUT2D eigenvalue weighted by Crippen LogP contribution is 2.25. The molecule has 0 saturated carbocycles. The van der Waals surface area contributed by atoms with Gasteiger partial charge in [0.2, 0.25) is 0 Å². The van der Waals surface area contributed by atoms with Gasteiger partial charge in [-0.2, -0.15) is 0 Å². The predicted molar refractivity (Wildman–Crippen MR) is 103 cm³/mol. The third-order valence-corrected chi connectivity index (χ3v) is 5.37. The SMILES string of the molecule is S=C(c1ccc(Cl)c(Cl)c1)N1CCN(c2cccc(Cl)c2)CC1. The van der Waals surface area contributed by atoms with E-state index in [1.807, 2.05) is 30.3 Å². The number of hydrogen-bond donors (Lipinski definition) is 0. The summed E-state index contributed by atoms with van der Waals surface area (Å²) in [5.74, 6) is 0. The Bertz CT molecular complexity index is 728. The Balaban J connectivity index is 1.66. The van der Waals surface area contributed by atoms with Crippen molar-refractivity contribution >= 4 is 57.7 Å². The molecule has 1 heterocycles. The zero-order valence-electron chi connectivity index (χ0n) is 12.3. The van der Waals surface area contributed by atoms with E-state index in [9.17, 15) is 0 Å². The lowest BCUT2D eigenvalue weighted by atomic mass is 10.2. The van der Waals surface area contributed by atoms with Crippen LogP contribution in [0.25, 0.3) is 0 Å². The highest BCUT2D eigenvalue weighted by Gasteiger charge is 2.20. The first-order valence-corrected chi connectivity index (χ1v) is 8.83. The van der Waals surface area contributed by atoms with Crippen LogP contribution in [0.3, 0.4) is 0 Å². The number of anilines is 1. The van der Waals surface area contributed by atoms with E-state index in [0.717, 1.165) is 47.4 Å². The monoisotopic (exact) mass is 384 g/mol. The minimum atomic E-state index is 0.532. The molecule has 6 heteroatoms. The van der Waals surface area contributed by atoms with Gasteiger partial charge in [-0.1, -0.05) is 59.2 Å². The normalized spacial score (nSPS) is 14.9. The second-order valence-electron chi connectivity index (χ2n) is 5.39. The average Bonchev–Trinajstić information content (AvgIpc) is 2.57. The van der Waals surface area contributed by atoms with E-state index in [-0.39, 0.29) is 0 Å². The van der Waals surface area contributed by atoms with Crippen LogP contribution in [0.2, 0.25) is 15.1 Å². The fourth-order valence-corrected chi connectivity index (χ4v) is 3.44. The quantitative estimate of drug-likeness (QED) is 0.661. The van der Waals surface area contributed by atoms with Crippen LogP contribution in [-0.2, 0) is 0 Å². The molecule has 1 aliphatic heterocycles. The largest absolute Gasteiger partial charge is 0.368 e. The molecule has 0 N–H and O–H groups in total. The van der Waals surface area contributed by atoms with Gasteiger partial charge in [-0.3, -0.25) is 0 Å². The summed E-state index contributed by atoms with van der Waals surface area (Å²) in [5, 5.41) is 1.84. The Labute approximate surface area is 156 Å². The van der Waals surface area contributed by atoms with Crippen LogP contribution in [0, 0.1) is 0 Å². The molecule has 0 amide bonds. The van der Waals surface area contributed by atoms with E-state index in [0.29, 0.717) is 10.0 Å². The van der Waals surface area contributed by atoms with Crippen molar-refractivity contribution in [2.24, 2.45) is 0 Å². The lowest BCUT2D eigenvalue weighted by molar-refractivity contribution is 0.392. The second-order valence-corrected chi connectivity index (χ2v) is 7.03. The number of benzene rings is 2. The molecule has 23 heavy (non-hydrogen) atoms. The lowest BCUT2D eigenvalue weighted by Gasteiger charge is -2.37. The third kappa shape index (κ3) is 3.92. The Morgan fingerprint density at radius 3 is 2.26 bits per heavy atom. The van der Waals surface area contributed by atoms with Crippen LogP contribution >= 0.6 is 47.0 Å². The van der Waals surface area contributed by atoms with Gasteiger partial charge in [0.15, 0.2) is 0 Å². The van der Waals surface area contributed by atoms with Gasteiger partial charge in [0.1, 0.15) is 4.99 Å². The molecule has 1 fully saturated rings. The van der Waals surface area contributed by atoms with E-state index in [2.05, 4.69) is 15.9 Å². The van der Waals surface area contributed by atoms with Crippen molar-refractivity contribution in [2.45, 2.75) is 0 Å². The van der Waals surface area contributed by atoms with Crippen molar-refractivity contribution in [1.29, 1.82) is 0 Å². The summed E-state index contributed by atoms with van der Waals surface area (Å²) in [6, 6.07) is 13.5. The van der Waals surface area contributed by atoms with E-state index >= 15 is 0 Å². The van der Waals surface area contributed by atoms with Crippen LogP contribution in [0.15, 0.2) is 42.5 Å². The first-order chi connectivity index (χ1) is 11.0. The van der Waals surface area contributed by atoms with Crippen molar-refractivity contribution in [3.8, 4) is 0 Å². The molecule has 120 valence electrons. The summed E-state index contributed by atoms with van der Waals surface area (Å²) in [7, 11) is 0. The van der Waals surface area contributed by atoms with Crippen LogP contribution < -0.4 is 4.90 Å². The van der Waals surface area contributed by atoms with Gasteiger partial charge in [-0.05, 0) is 30.3 Å². The number of thiocarbonyl (C=S) groups is 1. The van der Waals surface area contributed by atoms with Crippen molar-refractivity contribution in [3.05, 3.63) is 63.1 Å². The highest BCUT2D eigenvalue weighted by atomic mass is 35.5. The first-order valence-electron chi connectivity index (χ1n) is 7.29. The number of nitrogens with zero attached hydrogens (tertiary/aromatic N) is 2. The number of hydrogen-bond acceptors (Lipinski definition) is 2. The van der Waals surface area contributed by atoms with Crippen LogP contribution in [0.1, 0.15) is 5.56 Å². The molecule has 1 aliphatic rings. The van der Waals surface area contributed by atoms with Crippen LogP contribution in [-0.4, -0.2) is 36.1 Å². The number of rotatable bonds is 2. The maximum Gasteiger partial charge on any atom is 0.109 e. The van der Waals surface area contributed by atoms with Crippen molar-refractivity contribution in [2.75, 3.05) is 31.1 Å². The molecule has 0 bridgehead atoms. The maximum absolute atomic E-state index is 6.08. The highest BCUT2D eigenvalue weighted by molar-refractivity contribution is 7.80. The average molecular weight is 386 g/mol. The van der Waals surface area contributed by atoms with Gasteiger partial charge in [-0.15, -0.1) is 0 Å². The number of piperazine rings is 1. The Kier molecular flexibility index (Phi) is 5.32. The minimum Gasteiger partial charge on any atom is -0.368 e. The smallest absolute Gasteiger partial charge is 0.109 e. The van der Waals surface area contributed by atoms with Gasteiger partial charge in [0, 0.05) is 42.5 Å². The van der Waals surface area contributed by atoms with Gasteiger partial charge >= 0.3 is 0 Å². The van der Waals surface area contributed by atoms with Gasteiger partial charge < -0.3 is 9.80 Å². The summed E-state index contributed by atoms with van der Waals surface area (Å²) < 4.78 is 0. The van der Waals surface area contributed by atoms with Crippen molar-refractivity contribution in [3.63, 3.8) is 0 Å². The molecule has 1 saturated heterocycles. The third-order valence-electron chi connectivity index (χ3n) is 3.91. The molecule has 0 atom stereocenters. The van der Waals surface area contributed by atoms with E-state index in [1.54, 1.807) is 6.07 Å². The summed E-state index contributed by atoms with van der Waals surface area (Å²) in [4.78, 5) is 5.34. The molecule has 0 unspecified atom stereocenters. The van der Waals surface area contributed by atoms with E-state index in [1.165, 1.54) is 0 Å².